The van der Waals surface area contributed by atoms with Gasteiger partial charge in [-0.3, -0.25) is 9.79 Å². The summed E-state index contributed by atoms with van der Waals surface area (Å²) in [5.41, 5.74) is 9.09. The molecule has 0 saturated heterocycles. The number of carbonyl (C=O) groups excluding carboxylic acids is 1. The van der Waals surface area contributed by atoms with Gasteiger partial charge in [0.1, 0.15) is 5.75 Å². The Balaban J connectivity index is 1.42. The van der Waals surface area contributed by atoms with Gasteiger partial charge in [-0.1, -0.05) is 35.9 Å². The molecule has 2 aromatic rings. The first-order valence-electron chi connectivity index (χ1n) is 8.82. The molecule has 1 aliphatic heterocycles. The van der Waals surface area contributed by atoms with Gasteiger partial charge in [0.2, 0.25) is 5.91 Å². The van der Waals surface area contributed by atoms with Gasteiger partial charge in [0, 0.05) is 31.7 Å². The van der Waals surface area contributed by atoms with Gasteiger partial charge in [-0.25, -0.2) is 0 Å². The van der Waals surface area contributed by atoms with Crippen molar-refractivity contribution in [1.82, 2.24) is 4.90 Å². The van der Waals surface area contributed by atoms with Crippen molar-refractivity contribution in [3.63, 3.8) is 0 Å². The zero-order valence-electron chi connectivity index (χ0n) is 15.2. The number of amides is 1. The number of hydrogen-bond acceptors (Lipinski definition) is 3. The highest BCUT2D eigenvalue weighted by atomic mass is 35.5. The Morgan fingerprint density at radius 1 is 1.26 bits per heavy atom. The standard InChI is InChI=1S/C20H23ClN4O2/c1-27-18-9-8-16(11-17(18)21)24-20(22)23-10-4-7-19(26)25-12-14-5-2-3-6-15(14)13-25/h2-3,5-6,8-9,11H,4,7,10,12-13H2,1H3,(H3,22,23,24). The lowest BCUT2D eigenvalue weighted by atomic mass is 10.1. The molecule has 0 unspecified atom stereocenters. The number of nitrogens with two attached hydrogens (primary N) is 1. The van der Waals surface area contributed by atoms with Crippen molar-refractivity contribution in [2.45, 2.75) is 25.9 Å². The van der Waals surface area contributed by atoms with Crippen LogP contribution < -0.4 is 15.8 Å². The molecule has 27 heavy (non-hydrogen) atoms. The summed E-state index contributed by atoms with van der Waals surface area (Å²) in [6.07, 6.45) is 1.11. The van der Waals surface area contributed by atoms with Crippen molar-refractivity contribution in [3.8, 4) is 5.75 Å². The van der Waals surface area contributed by atoms with Crippen LogP contribution in [0.15, 0.2) is 47.5 Å². The maximum atomic E-state index is 12.4. The molecule has 0 aliphatic carbocycles. The highest BCUT2D eigenvalue weighted by Crippen LogP contribution is 2.27. The maximum absolute atomic E-state index is 12.4. The second-order valence-corrected chi connectivity index (χ2v) is 6.77. The van der Waals surface area contributed by atoms with Crippen LogP contribution >= 0.6 is 11.6 Å². The first-order valence-corrected chi connectivity index (χ1v) is 9.19. The summed E-state index contributed by atoms with van der Waals surface area (Å²) in [5, 5.41) is 3.47. The van der Waals surface area contributed by atoms with Crippen molar-refractivity contribution in [2.24, 2.45) is 10.7 Å². The number of methoxy groups -OCH3 is 1. The smallest absolute Gasteiger partial charge is 0.223 e. The third-order valence-electron chi connectivity index (χ3n) is 4.45. The van der Waals surface area contributed by atoms with Crippen LogP contribution in [0.2, 0.25) is 5.02 Å². The molecule has 1 amide bonds. The molecular weight excluding hydrogens is 364 g/mol. The van der Waals surface area contributed by atoms with Crippen molar-refractivity contribution in [1.29, 1.82) is 0 Å². The summed E-state index contributed by atoms with van der Waals surface area (Å²) in [7, 11) is 1.56. The van der Waals surface area contributed by atoms with E-state index in [1.807, 2.05) is 23.1 Å². The summed E-state index contributed by atoms with van der Waals surface area (Å²) in [4.78, 5) is 18.5. The molecule has 6 nitrogen and oxygen atoms in total. The van der Waals surface area contributed by atoms with Crippen LogP contribution in [-0.2, 0) is 17.9 Å². The normalized spacial score (nSPS) is 13.4. The van der Waals surface area contributed by atoms with E-state index in [0.29, 0.717) is 43.2 Å². The fraction of sp³-hybridized carbons (Fsp3) is 0.300. The van der Waals surface area contributed by atoms with Crippen LogP contribution in [0.4, 0.5) is 5.69 Å². The van der Waals surface area contributed by atoms with Crippen LogP contribution in [0.3, 0.4) is 0 Å². The van der Waals surface area contributed by atoms with Crippen molar-refractivity contribution in [2.75, 3.05) is 19.0 Å². The molecule has 7 heteroatoms. The Bertz CT molecular complexity index is 829. The average molecular weight is 387 g/mol. The minimum absolute atomic E-state index is 0.148. The van der Waals surface area contributed by atoms with E-state index in [1.54, 1.807) is 19.2 Å². The van der Waals surface area contributed by atoms with E-state index in [1.165, 1.54) is 11.1 Å². The number of benzene rings is 2. The van der Waals surface area contributed by atoms with Crippen molar-refractivity contribution in [3.05, 3.63) is 58.6 Å². The zero-order chi connectivity index (χ0) is 19.2. The van der Waals surface area contributed by atoms with E-state index in [2.05, 4.69) is 22.4 Å². The fourth-order valence-corrected chi connectivity index (χ4v) is 3.29. The predicted molar refractivity (Wildman–Crippen MR) is 108 cm³/mol. The first-order chi connectivity index (χ1) is 13.1. The number of ether oxygens (including phenoxy) is 1. The number of nitrogens with zero attached hydrogens (tertiary/aromatic N) is 2. The quantitative estimate of drug-likeness (QED) is 0.453. The molecule has 3 N–H and O–H groups in total. The molecule has 142 valence electrons. The number of aliphatic imine (C=N–C) groups is 1. The third kappa shape index (κ3) is 4.92. The Morgan fingerprint density at radius 2 is 1.96 bits per heavy atom. The Labute approximate surface area is 164 Å². The Morgan fingerprint density at radius 3 is 2.59 bits per heavy atom. The lowest BCUT2D eigenvalue weighted by Crippen LogP contribution is -2.25. The second-order valence-electron chi connectivity index (χ2n) is 6.36. The van der Waals surface area contributed by atoms with Gasteiger partial charge in [-0.15, -0.1) is 0 Å². The van der Waals surface area contributed by atoms with Gasteiger partial charge in [0.05, 0.1) is 12.1 Å². The second kappa shape index (κ2) is 8.77. The summed E-state index contributed by atoms with van der Waals surface area (Å²) in [5.74, 6) is 1.03. The predicted octanol–water partition coefficient (Wildman–Crippen LogP) is 3.40. The number of guanidine groups is 1. The largest absolute Gasteiger partial charge is 0.495 e. The minimum atomic E-state index is 0.148. The van der Waals surface area contributed by atoms with E-state index in [4.69, 9.17) is 22.1 Å². The van der Waals surface area contributed by atoms with E-state index >= 15 is 0 Å². The summed E-state index contributed by atoms with van der Waals surface area (Å²) in [6.45, 7) is 1.87. The number of fused-ring (bicyclic) bond motifs is 1. The average Bonchev–Trinajstić information content (AvgIpc) is 3.09. The van der Waals surface area contributed by atoms with E-state index in [0.717, 1.165) is 5.69 Å². The number of nitrogens with one attached hydrogen (secondary N) is 1. The molecule has 2 aromatic carbocycles. The van der Waals surface area contributed by atoms with E-state index < -0.39 is 0 Å². The molecule has 0 fully saturated rings. The van der Waals surface area contributed by atoms with Crippen LogP contribution in [-0.4, -0.2) is 30.4 Å². The molecule has 0 aromatic heterocycles. The number of hydrogen-bond donors (Lipinski definition) is 2. The van der Waals surface area contributed by atoms with Gasteiger partial charge in [0.25, 0.3) is 0 Å². The molecule has 3 rings (SSSR count). The van der Waals surface area contributed by atoms with Gasteiger partial charge in [-0.05, 0) is 35.7 Å². The van der Waals surface area contributed by atoms with Gasteiger partial charge >= 0.3 is 0 Å². The molecule has 0 spiro atoms. The minimum Gasteiger partial charge on any atom is -0.495 e. The molecule has 0 saturated carbocycles. The number of anilines is 1. The van der Waals surface area contributed by atoms with Crippen LogP contribution in [0, 0.1) is 0 Å². The Kier molecular flexibility index (Phi) is 6.19. The monoisotopic (exact) mass is 386 g/mol. The molecular formula is C20H23ClN4O2. The summed E-state index contributed by atoms with van der Waals surface area (Å²) in [6, 6.07) is 13.4. The van der Waals surface area contributed by atoms with Crippen LogP contribution in [0.25, 0.3) is 0 Å². The highest BCUT2D eigenvalue weighted by Gasteiger charge is 2.22. The van der Waals surface area contributed by atoms with Crippen LogP contribution in [0.5, 0.6) is 5.75 Å². The zero-order valence-corrected chi connectivity index (χ0v) is 16.0. The molecule has 1 heterocycles. The lowest BCUT2D eigenvalue weighted by molar-refractivity contribution is -0.131. The topological polar surface area (TPSA) is 80.0 Å². The molecule has 0 atom stereocenters. The number of carbonyl (C=O) groups is 1. The van der Waals surface area contributed by atoms with Gasteiger partial charge in [-0.2, -0.15) is 0 Å². The number of rotatable bonds is 6. The number of halogens is 1. The van der Waals surface area contributed by atoms with Crippen LogP contribution in [0.1, 0.15) is 24.0 Å². The third-order valence-corrected chi connectivity index (χ3v) is 4.74. The molecule has 0 radical (unpaired) electrons. The molecule has 1 aliphatic rings. The summed E-state index contributed by atoms with van der Waals surface area (Å²) < 4.78 is 5.11. The Hall–Kier alpha value is -2.73. The van der Waals surface area contributed by atoms with Crippen molar-refractivity contribution < 1.29 is 9.53 Å². The van der Waals surface area contributed by atoms with Gasteiger partial charge < -0.3 is 20.7 Å². The summed E-state index contributed by atoms with van der Waals surface area (Å²) >= 11 is 6.08. The SMILES string of the molecule is COc1ccc(NC(N)=NCCCC(=O)N2Cc3ccccc3C2)cc1Cl. The first kappa shape index (κ1) is 19.0. The fourth-order valence-electron chi connectivity index (χ4n) is 3.03. The highest BCUT2D eigenvalue weighted by molar-refractivity contribution is 6.32. The molecule has 0 bridgehead atoms. The van der Waals surface area contributed by atoms with E-state index in [-0.39, 0.29) is 11.9 Å². The van der Waals surface area contributed by atoms with E-state index in [9.17, 15) is 4.79 Å². The van der Waals surface area contributed by atoms with Crippen molar-refractivity contribution >= 4 is 29.2 Å². The lowest BCUT2D eigenvalue weighted by Gasteiger charge is -2.15. The van der Waals surface area contributed by atoms with Gasteiger partial charge in [0.15, 0.2) is 5.96 Å². The maximum Gasteiger partial charge on any atom is 0.223 e.